The number of hydrogen-bond acceptors (Lipinski definition) is 22. The van der Waals surface area contributed by atoms with Crippen molar-refractivity contribution in [2.24, 2.45) is 28.7 Å². The van der Waals surface area contributed by atoms with Crippen molar-refractivity contribution in [2.45, 2.75) is 208 Å². The summed E-state index contributed by atoms with van der Waals surface area (Å²) >= 11 is 0. The van der Waals surface area contributed by atoms with Crippen LogP contribution in [0.5, 0.6) is 0 Å². The van der Waals surface area contributed by atoms with Gasteiger partial charge >= 0.3 is 23.5 Å². The first-order valence-corrected chi connectivity index (χ1v) is 30.6. The van der Waals surface area contributed by atoms with E-state index in [0.717, 1.165) is 17.2 Å². The lowest BCUT2D eigenvalue weighted by atomic mass is 9.97. The Kier molecular flexibility index (Phi) is 25.8. The summed E-state index contributed by atoms with van der Waals surface area (Å²) in [6.07, 6.45) is 20.2. The highest BCUT2D eigenvalue weighted by Crippen LogP contribution is 2.61. The van der Waals surface area contributed by atoms with Crippen molar-refractivity contribution in [3.63, 3.8) is 0 Å². The van der Waals surface area contributed by atoms with Crippen LogP contribution in [-0.2, 0) is 45.8 Å². The standard InChI is InChI=1S/C21H30N7O17P3.4C6H13N/c22-17-12-19(25-7-24-17)28(8-26-12)21-16(44-46(33,34)35)14(30)11(43-21)6-41-48(38,39)45-47(36,37)40-5-10-13(29)15(31)20(42-10)27-3-1-2-9(4-27)18(23)32;4*7-6-4-2-1-3-5-6/h1,3-4,7-8,10-11,13-16,20-21,29-31H,2,5-6H2,(H2,23,32)(H,36,37)(H,38,39)(H2,22,24,25)(H2,33,34,35);4*6H,1-5,7H2/t10-,11-,13?,14?,15+,16+,20-,21-;;;;/m1..../s1. The fourth-order valence-corrected chi connectivity index (χ4v) is 12.1. The van der Waals surface area contributed by atoms with Crippen molar-refractivity contribution in [3.8, 4) is 0 Å². The van der Waals surface area contributed by atoms with Gasteiger partial charge in [0.2, 0.25) is 5.91 Å². The SMILES string of the molecule is NC(=O)C1=CN([C@@H]2O[C@H](COP(=O)(O)OP(=O)(O)OC[C@H]3O[C@@H](n4cnc5c(N)ncnc54)[C@@H](OP(=O)(O)O)C3O)C(O)[C@@H]2O)C=CC1.NC1CCCCC1.NC1CCCCC1.NC1CCCCC1.NC1CCCCC1. The molecule has 2 aromatic rings. The number of carbonyl (C=O) groups excluding carboxylic acids is 1. The molecule has 10 atom stereocenters. The molecule has 3 aliphatic heterocycles. The highest BCUT2D eigenvalue weighted by molar-refractivity contribution is 7.61. The zero-order chi connectivity index (χ0) is 55.6. The van der Waals surface area contributed by atoms with Crippen molar-refractivity contribution >= 4 is 46.4 Å². The number of phosphoric ester groups is 3. The Labute approximate surface area is 442 Å². The van der Waals surface area contributed by atoms with Gasteiger partial charge in [0.25, 0.3) is 0 Å². The van der Waals surface area contributed by atoms with Gasteiger partial charge in [0.1, 0.15) is 48.5 Å². The third-order valence-electron chi connectivity index (χ3n) is 13.7. The van der Waals surface area contributed by atoms with Crippen LogP contribution < -0.4 is 34.4 Å². The Morgan fingerprint density at radius 1 is 0.645 bits per heavy atom. The summed E-state index contributed by atoms with van der Waals surface area (Å²) in [5.41, 5.74) is 33.8. The first-order chi connectivity index (χ1) is 35.9. The number of hydrogen-bond donors (Lipinski definition) is 13. The number of rotatable bonds is 13. The van der Waals surface area contributed by atoms with Gasteiger partial charge in [0.05, 0.1) is 19.5 Å². The molecule has 434 valence electrons. The van der Waals surface area contributed by atoms with Gasteiger partial charge in [-0.3, -0.25) is 22.9 Å². The van der Waals surface area contributed by atoms with E-state index >= 15 is 0 Å². The average Bonchev–Trinajstić information content (AvgIpc) is 4.03. The molecule has 31 heteroatoms. The van der Waals surface area contributed by atoms with Crippen LogP contribution in [0.3, 0.4) is 0 Å². The van der Waals surface area contributed by atoms with E-state index in [1.807, 2.05) is 0 Å². The molecule has 2 saturated heterocycles. The van der Waals surface area contributed by atoms with E-state index in [1.165, 1.54) is 152 Å². The van der Waals surface area contributed by atoms with Crippen LogP contribution in [0.2, 0.25) is 0 Å². The molecule has 2 aromatic heterocycles. The first-order valence-electron chi connectivity index (χ1n) is 26.1. The average molecular weight is 1140 g/mol. The number of aromatic nitrogens is 4. The van der Waals surface area contributed by atoms with Crippen LogP contribution in [-0.4, -0.2) is 145 Å². The normalized spacial score (nSPS) is 29.5. The summed E-state index contributed by atoms with van der Waals surface area (Å²) in [5.74, 6) is -0.791. The number of imidazole rings is 1. The van der Waals surface area contributed by atoms with Crippen LogP contribution in [0.1, 0.15) is 141 Å². The van der Waals surface area contributed by atoms with Crippen molar-refractivity contribution in [1.29, 1.82) is 0 Å². The Hall–Kier alpha value is -2.89. The highest BCUT2D eigenvalue weighted by atomic mass is 31.3. The van der Waals surface area contributed by atoms with Gasteiger partial charge in [0, 0.05) is 42.1 Å². The minimum Gasteiger partial charge on any atom is -0.387 e. The Morgan fingerprint density at radius 2 is 1.09 bits per heavy atom. The monoisotopic (exact) mass is 1140 g/mol. The zero-order valence-corrected chi connectivity index (χ0v) is 45.5. The molecule has 0 aromatic carbocycles. The molecule has 5 heterocycles. The number of nitrogen functional groups attached to an aromatic ring is 1. The van der Waals surface area contributed by atoms with Crippen LogP contribution >= 0.6 is 23.5 Å². The van der Waals surface area contributed by atoms with Crippen LogP contribution in [0.4, 0.5) is 5.82 Å². The molecule has 28 nitrogen and oxygen atoms in total. The molecule has 0 spiro atoms. The Bertz CT molecular complexity index is 2230. The topological polar surface area (TPSA) is 468 Å². The smallest absolute Gasteiger partial charge is 0.387 e. The maximum absolute atomic E-state index is 12.6. The minimum absolute atomic E-state index is 0.00424. The van der Waals surface area contributed by atoms with Gasteiger partial charge in [-0.1, -0.05) is 83.1 Å². The molecule has 1 amide bonds. The van der Waals surface area contributed by atoms with Crippen LogP contribution in [0, 0.1) is 0 Å². The summed E-state index contributed by atoms with van der Waals surface area (Å²) < 4.78 is 67.2. The Morgan fingerprint density at radius 3 is 1.51 bits per heavy atom. The van der Waals surface area contributed by atoms with E-state index in [9.17, 15) is 53.4 Å². The lowest BCUT2D eigenvalue weighted by Crippen LogP contribution is -2.40. The molecule has 0 bridgehead atoms. The van der Waals surface area contributed by atoms with E-state index in [1.54, 1.807) is 0 Å². The molecule has 4 aliphatic carbocycles. The summed E-state index contributed by atoms with van der Waals surface area (Å²) in [6, 6.07) is 2.14. The van der Waals surface area contributed by atoms with E-state index in [4.69, 9.17) is 52.9 Å². The minimum atomic E-state index is -5.52. The Balaban J connectivity index is 0.000000302. The van der Waals surface area contributed by atoms with Gasteiger partial charge in [-0.25, -0.2) is 28.6 Å². The lowest BCUT2D eigenvalue weighted by Gasteiger charge is -2.28. The molecule has 6 fully saturated rings. The highest BCUT2D eigenvalue weighted by Gasteiger charge is 2.51. The quantitative estimate of drug-likeness (QED) is 0.128. The van der Waals surface area contributed by atoms with Crippen molar-refractivity contribution in [1.82, 2.24) is 24.4 Å². The first kappa shape index (κ1) is 63.9. The third-order valence-corrected chi connectivity index (χ3v) is 16.8. The van der Waals surface area contributed by atoms with Crippen molar-refractivity contribution in [2.75, 3.05) is 18.9 Å². The second-order valence-electron chi connectivity index (χ2n) is 20.0. The van der Waals surface area contributed by atoms with Crippen molar-refractivity contribution in [3.05, 3.63) is 36.7 Å². The summed E-state index contributed by atoms with van der Waals surface area (Å²) in [6.45, 7) is -2.02. The number of aliphatic hydroxyl groups excluding tert-OH is 3. The number of carbonyl (C=O) groups is 1. The number of phosphoric acid groups is 3. The number of allylic oxidation sites excluding steroid dienone is 1. The maximum atomic E-state index is 12.6. The summed E-state index contributed by atoms with van der Waals surface area (Å²) in [7, 11) is -16.3. The van der Waals surface area contributed by atoms with Crippen LogP contribution in [0.15, 0.2) is 36.7 Å². The fraction of sp³-hybridized carbons (Fsp3) is 0.778. The number of nitrogens with two attached hydrogens (primary N) is 6. The number of fused-ring (bicyclic) bond motifs is 1. The second-order valence-corrected chi connectivity index (χ2v) is 24.2. The zero-order valence-electron chi connectivity index (χ0n) is 42.8. The molecule has 76 heavy (non-hydrogen) atoms. The molecule has 19 N–H and O–H groups in total. The van der Waals surface area contributed by atoms with E-state index in [0.29, 0.717) is 24.2 Å². The van der Waals surface area contributed by atoms with Gasteiger partial charge in [-0.15, -0.1) is 0 Å². The predicted octanol–water partition coefficient (Wildman–Crippen LogP) is 2.54. The van der Waals surface area contributed by atoms with Crippen LogP contribution in [0.25, 0.3) is 11.2 Å². The molecule has 0 radical (unpaired) electrons. The van der Waals surface area contributed by atoms with Gasteiger partial charge in [-0.05, 0) is 57.8 Å². The number of amides is 1. The van der Waals surface area contributed by atoms with Gasteiger partial charge in [-0.2, -0.15) is 4.31 Å². The fourth-order valence-electron chi connectivity index (χ4n) is 9.47. The molecule has 7 aliphatic rings. The predicted molar refractivity (Wildman–Crippen MR) is 277 cm³/mol. The molecule has 9 rings (SSSR count). The number of ether oxygens (including phenoxy) is 2. The molecular formula is C45H82N11O17P3. The number of primary amides is 1. The van der Waals surface area contributed by atoms with Gasteiger partial charge < -0.3 is 83.7 Å². The third kappa shape index (κ3) is 21.0. The largest absolute Gasteiger partial charge is 0.481 e. The van der Waals surface area contributed by atoms with Gasteiger partial charge in [0.15, 0.2) is 23.9 Å². The second kappa shape index (κ2) is 30.6. The van der Waals surface area contributed by atoms with E-state index in [2.05, 4.69) is 23.8 Å². The summed E-state index contributed by atoms with van der Waals surface area (Å²) in [5, 5.41) is 31.5. The van der Waals surface area contributed by atoms with E-state index < -0.39 is 91.7 Å². The summed E-state index contributed by atoms with van der Waals surface area (Å²) in [4.78, 5) is 63.4. The number of anilines is 1. The molecule has 4 saturated carbocycles. The lowest BCUT2D eigenvalue weighted by molar-refractivity contribution is -0.115. The molecular weight excluding hydrogens is 1060 g/mol. The maximum Gasteiger partial charge on any atom is 0.481 e. The van der Waals surface area contributed by atoms with E-state index in [-0.39, 0.29) is 29.0 Å². The van der Waals surface area contributed by atoms with Crippen molar-refractivity contribution < 1.29 is 80.7 Å². The number of aliphatic hydroxyl groups is 3. The number of nitrogens with zero attached hydrogens (tertiary/aromatic N) is 5. The molecule has 4 unspecified atom stereocenters.